The lowest BCUT2D eigenvalue weighted by molar-refractivity contribution is -0.131. The highest BCUT2D eigenvalue weighted by Gasteiger charge is 2.26. The van der Waals surface area contributed by atoms with E-state index in [-0.39, 0.29) is 11.8 Å². The third kappa shape index (κ3) is 5.86. The Morgan fingerprint density at radius 1 is 0.750 bits per heavy atom. The summed E-state index contributed by atoms with van der Waals surface area (Å²) in [7, 11) is 4.75. The van der Waals surface area contributed by atoms with Crippen molar-refractivity contribution in [1.29, 1.82) is 0 Å². The summed E-state index contributed by atoms with van der Waals surface area (Å²) < 4.78 is 16.4. The van der Waals surface area contributed by atoms with E-state index in [1.165, 1.54) is 0 Å². The van der Waals surface area contributed by atoms with Gasteiger partial charge in [0.2, 0.25) is 11.7 Å². The molecule has 0 atom stereocenters. The van der Waals surface area contributed by atoms with E-state index in [0.29, 0.717) is 55.5 Å². The van der Waals surface area contributed by atoms with Crippen LogP contribution in [-0.4, -0.2) is 68.5 Å². The number of carbonyl (C=O) groups is 1. The van der Waals surface area contributed by atoms with Crippen LogP contribution in [0.2, 0.25) is 0 Å². The van der Waals surface area contributed by atoms with Crippen LogP contribution in [-0.2, 0) is 4.79 Å². The lowest BCUT2D eigenvalue weighted by atomic mass is 9.88. The number of aromatic nitrogens is 2. The number of ether oxygens (including phenoxy) is 3. The van der Waals surface area contributed by atoms with E-state index in [0.717, 1.165) is 22.5 Å². The van der Waals surface area contributed by atoms with Crippen LogP contribution in [0.5, 0.6) is 17.2 Å². The Labute approximate surface area is 235 Å². The highest BCUT2D eigenvalue weighted by atomic mass is 16.5. The second kappa shape index (κ2) is 12.5. The summed E-state index contributed by atoms with van der Waals surface area (Å²) in [6.45, 7) is 2.69. The van der Waals surface area contributed by atoms with E-state index in [9.17, 15) is 4.79 Å². The largest absolute Gasteiger partial charge is 0.493 e. The summed E-state index contributed by atoms with van der Waals surface area (Å²) in [6.07, 6.45) is 0.442. The van der Waals surface area contributed by atoms with Gasteiger partial charge in [0, 0.05) is 44.1 Å². The zero-order valence-corrected chi connectivity index (χ0v) is 23.1. The normalized spacial score (nSPS) is 13.3. The van der Waals surface area contributed by atoms with E-state index in [1.54, 1.807) is 21.3 Å². The molecule has 206 valence electrons. The lowest BCUT2D eigenvalue weighted by Gasteiger charge is -2.36. The van der Waals surface area contributed by atoms with Gasteiger partial charge in [-0.1, -0.05) is 60.7 Å². The quantitative estimate of drug-likeness (QED) is 0.296. The molecule has 2 heterocycles. The van der Waals surface area contributed by atoms with Crippen molar-refractivity contribution in [2.45, 2.75) is 12.3 Å². The topological polar surface area (TPSA) is 77.0 Å². The fourth-order valence-electron chi connectivity index (χ4n) is 5.16. The van der Waals surface area contributed by atoms with Gasteiger partial charge in [-0.2, -0.15) is 0 Å². The second-order valence-corrected chi connectivity index (χ2v) is 9.64. The van der Waals surface area contributed by atoms with Crippen molar-refractivity contribution in [3.05, 3.63) is 96.1 Å². The van der Waals surface area contributed by atoms with Crippen LogP contribution in [0, 0.1) is 0 Å². The smallest absolute Gasteiger partial charge is 0.223 e. The molecule has 5 rings (SSSR count). The molecule has 0 N–H and O–H groups in total. The zero-order valence-electron chi connectivity index (χ0n) is 23.1. The number of hydrogen-bond donors (Lipinski definition) is 0. The Hall–Kier alpha value is -4.59. The first-order valence-electron chi connectivity index (χ1n) is 13.4. The summed E-state index contributed by atoms with van der Waals surface area (Å²) in [5.74, 6) is 2.64. The van der Waals surface area contributed by atoms with Gasteiger partial charge < -0.3 is 24.0 Å². The Bertz CT molecular complexity index is 1340. The Morgan fingerprint density at radius 3 is 1.80 bits per heavy atom. The fraction of sp³-hybridized carbons (Fsp3) is 0.281. The maximum absolute atomic E-state index is 13.4. The van der Waals surface area contributed by atoms with Crippen molar-refractivity contribution >= 4 is 11.7 Å². The van der Waals surface area contributed by atoms with Crippen LogP contribution < -0.4 is 19.1 Å². The average molecular weight is 539 g/mol. The Kier molecular flexibility index (Phi) is 8.44. The van der Waals surface area contributed by atoms with Crippen LogP contribution in [0.1, 0.15) is 23.5 Å². The van der Waals surface area contributed by atoms with Gasteiger partial charge >= 0.3 is 0 Å². The van der Waals surface area contributed by atoms with Gasteiger partial charge in [0.25, 0.3) is 0 Å². The molecule has 1 amide bonds. The summed E-state index contributed by atoms with van der Waals surface area (Å²) in [4.78, 5) is 17.5. The predicted molar refractivity (Wildman–Crippen MR) is 155 cm³/mol. The van der Waals surface area contributed by atoms with Crippen LogP contribution in [0.15, 0.2) is 84.9 Å². The van der Waals surface area contributed by atoms with E-state index >= 15 is 0 Å². The minimum absolute atomic E-state index is 0.0292. The highest BCUT2D eigenvalue weighted by molar-refractivity contribution is 5.78. The zero-order chi connectivity index (χ0) is 27.9. The third-order valence-electron chi connectivity index (χ3n) is 7.35. The number of hydrogen-bond acceptors (Lipinski definition) is 7. The molecule has 40 heavy (non-hydrogen) atoms. The van der Waals surface area contributed by atoms with Crippen molar-refractivity contribution in [2.75, 3.05) is 52.4 Å². The molecule has 0 aliphatic carbocycles. The monoisotopic (exact) mass is 538 g/mol. The molecule has 1 fully saturated rings. The van der Waals surface area contributed by atoms with Crippen molar-refractivity contribution in [3.8, 4) is 28.5 Å². The van der Waals surface area contributed by atoms with E-state index in [4.69, 9.17) is 14.2 Å². The van der Waals surface area contributed by atoms with Gasteiger partial charge in [-0.3, -0.25) is 4.79 Å². The molecular weight excluding hydrogens is 504 g/mol. The van der Waals surface area contributed by atoms with E-state index in [1.807, 2.05) is 65.6 Å². The minimum Gasteiger partial charge on any atom is -0.493 e. The first-order valence-corrected chi connectivity index (χ1v) is 13.4. The number of methoxy groups -OCH3 is 3. The number of piperazine rings is 1. The molecule has 3 aromatic carbocycles. The number of anilines is 1. The van der Waals surface area contributed by atoms with Gasteiger partial charge in [0.15, 0.2) is 17.3 Å². The van der Waals surface area contributed by atoms with Crippen molar-refractivity contribution < 1.29 is 19.0 Å². The van der Waals surface area contributed by atoms with Crippen molar-refractivity contribution in [2.24, 2.45) is 0 Å². The lowest BCUT2D eigenvalue weighted by Crippen LogP contribution is -2.49. The summed E-state index contributed by atoms with van der Waals surface area (Å²) in [5, 5.41) is 8.96. The van der Waals surface area contributed by atoms with Gasteiger partial charge in [-0.25, -0.2) is 0 Å². The number of carbonyl (C=O) groups excluding carboxylic acids is 1. The summed E-state index contributed by atoms with van der Waals surface area (Å²) >= 11 is 0. The summed E-state index contributed by atoms with van der Waals surface area (Å²) in [6, 6.07) is 28.1. The maximum atomic E-state index is 13.4. The van der Waals surface area contributed by atoms with E-state index < -0.39 is 0 Å². The van der Waals surface area contributed by atoms with Gasteiger partial charge in [-0.15, -0.1) is 10.2 Å². The minimum atomic E-state index is 0.0292. The Balaban J connectivity index is 1.24. The number of benzene rings is 3. The fourth-order valence-corrected chi connectivity index (χ4v) is 5.16. The molecule has 0 spiro atoms. The molecule has 0 radical (unpaired) electrons. The van der Waals surface area contributed by atoms with Crippen LogP contribution >= 0.6 is 0 Å². The maximum Gasteiger partial charge on any atom is 0.223 e. The molecule has 1 saturated heterocycles. The molecule has 0 unspecified atom stereocenters. The highest BCUT2D eigenvalue weighted by Crippen LogP contribution is 2.40. The third-order valence-corrected chi connectivity index (χ3v) is 7.35. The molecule has 8 nitrogen and oxygen atoms in total. The van der Waals surface area contributed by atoms with Gasteiger partial charge in [0.1, 0.15) is 0 Å². The number of rotatable bonds is 9. The Morgan fingerprint density at radius 2 is 1.32 bits per heavy atom. The molecule has 8 heteroatoms. The standard InChI is InChI=1S/C32H34N4O4/c1-38-28-20-25(21-29(39-2)32(28)40-3)27-14-15-30(34-33-27)35-16-18-36(19-17-35)31(37)22-26(23-10-6-4-7-11-23)24-12-8-5-9-13-24/h4-15,20-21,26H,16-19,22H2,1-3H3. The molecule has 1 aliphatic heterocycles. The average Bonchev–Trinajstić information content (AvgIpc) is 3.03. The van der Waals surface area contributed by atoms with Gasteiger partial charge in [0.05, 0.1) is 27.0 Å². The molecule has 1 aromatic heterocycles. The van der Waals surface area contributed by atoms with Crippen molar-refractivity contribution in [1.82, 2.24) is 15.1 Å². The van der Waals surface area contributed by atoms with E-state index in [2.05, 4.69) is 39.4 Å². The molecule has 1 aliphatic rings. The van der Waals surface area contributed by atoms with Crippen LogP contribution in [0.4, 0.5) is 5.82 Å². The first-order chi connectivity index (χ1) is 19.6. The molecule has 4 aromatic rings. The van der Waals surface area contributed by atoms with Crippen LogP contribution in [0.3, 0.4) is 0 Å². The number of amides is 1. The van der Waals surface area contributed by atoms with Crippen molar-refractivity contribution in [3.63, 3.8) is 0 Å². The molecule has 0 saturated carbocycles. The number of nitrogens with zero attached hydrogens (tertiary/aromatic N) is 4. The van der Waals surface area contributed by atoms with Gasteiger partial charge in [-0.05, 0) is 35.4 Å². The SMILES string of the molecule is COc1cc(-c2ccc(N3CCN(C(=O)CC(c4ccccc4)c4ccccc4)CC3)nn2)cc(OC)c1OC. The molecular formula is C32H34N4O4. The summed E-state index contributed by atoms with van der Waals surface area (Å²) in [5.41, 5.74) is 3.83. The van der Waals surface area contributed by atoms with Crippen LogP contribution in [0.25, 0.3) is 11.3 Å². The molecule has 0 bridgehead atoms. The second-order valence-electron chi connectivity index (χ2n) is 9.64. The first kappa shape index (κ1) is 27.0. The predicted octanol–water partition coefficient (Wildman–Crippen LogP) is 5.04.